The molecule has 0 aliphatic carbocycles. The molecule has 0 aromatic heterocycles. The van der Waals surface area contributed by atoms with Crippen molar-refractivity contribution in [3.05, 3.63) is 0 Å². The van der Waals surface area contributed by atoms with Crippen LogP contribution in [0.25, 0.3) is 0 Å². The Bertz CT molecular complexity index is 50.5. The molecule has 1 saturated heterocycles. The molecule has 0 spiro atoms. The van der Waals surface area contributed by atoms with Gasteiger partial charge in [-0.05, 0) is 25.4 Å². The van der Waals surface area contributed by atoms with Gasteiger partial charge in [0.15, 0.2) is 0 Å². The van der Waals surface area contributed by atoms with Gasteiger partial charge in [0.25, 0.3) is 0 Å². The summed E-state index contributed by atoms with van der Waals surface area (Å²) in [7, 11) is 0. The molecule has 1 rings (SSSR count). The van der Waals surface area contributed by atoms with E-state index in [1.54, 1.807) is 0 Å². The fourth-order valence-electron chi connectivity index (χ4n) is 1.06. The first-order valence-electron chi connectivity index (χ1n) is 3.14. The summed E-state index contributed by atoms with van der Waals surface area (Å²) >= 11 is 0. The lowest BCUT2D eigenvalue weighted by atomic mass is 10.1. The number of hydrogen-bond donors (Lipinski definition) is 1. The Kier molecular flexibility index (Phi) is 4.29. The molecule has 1 heterocycles. The topological polar surface area (TPSA) is 12.0 Å². The summed E-state index contributed by atoms with van der Waals surface area (Å²) in [6, 6.07) is 0. The highest BCUT2D eigenvalue weighted by molar-refractivity contribution is 5.85. The third-order valence-electron chi connectivity index (χ3n) is 1.74. The summed E-state index contributed by atoms with van der Waals surface area (Å²) in [5, 5.41) is 3.32. The van der Waals surface area contributed by atoms with Crippen LogP contribution in [0.15, 0.2) is 0 Å². The molecule has 1 atom stereocenters. The van der Waals surface area contributed by atoms with E-state index in [4.69, 9.17) is 0 Å². The second kappa shape index (κ2) is 4.16. The Balaban J connectivity index is 0.000000490. The molecule has 0 radical (unpaired) electrons. The van der Waals surface area contributed by atoms with E-state index in [0.29, 0.717) is 0 Å². The second-order valence-corrected chi connectivity index (χ2v) is 2.27. The van der Waals surface area contributed by atoms with Gasteiger partial charge in [0.1, 0.15) is 0 Å². The summed E-state index contributed by atoms with van der Waals surface area (Å²) < 4.78 is 0. The van der Waals surface area contributed by atoms with Gasteiger partial charge < -0.3 is 5.32 Å². The lowest BCUT2D eigenvalue weighted by Crippen LogP contribution is -2.07. The van der Waals surface area contributed by atoms with Gasteiger partial charge in [0, 0.05) is 0 Å². The van der Waals surface area contributed by atoms with E-state index < -0.39 is 0 Å². The van der Waals surface area contributed by atoms with Gasteiger partial charge in [-0.2, -0.15) is 0 Å². The lowest BCUT2D eigenvalue weighted by Gasteiger charge is -1.98. The SMILES string of the molecule is CC[C@@H]1CCNC1.Cl. The van der Waals surface area contributed by atoms with Gasteiger partial charge in [0.05, 0.1) is 0 Å². The van der Waals surface area contributed by atoms with E-state index in [9.17, 15) is 0 Å². The van der Waals surface area contributed by atoms with Crippen LogP contribution >= 0.6 is 12.4 Å². The largest absolute Gasteiger partial charge is 0.316 e. The molecular formula is C6H14ClN. The number of nitrogens with one attached hydrogen (secondary N) is 1. The minimum Gasteiger partial charge on any atom is -0.316 e. The van der Waals surface area contributed by atoms with Crippen LogP contribution in [0.2, 0.25) is 0 Å². The van der Waals surface area contributed by atoms with Gasteiger partial charge in [-0.15, -0.1) is 12.4 Å². The zero-order valence-corrected chi connectivity index (χ0v) is 6.13. The van der Waals surface area contributed by atoms with Crippen molar-refractivity contribution in [2.45, 2.75) is 19.8 Å². The van der Waals surface area contributed by atoms with Crippen molar-refractivity contribution in [2.24, 2.45) is 5.92 Å². The zero-order valence-electron chi connectivity index (χ0n) is 5.31. The summed E-state index contributed by atoms with van der Waals surface area (Å²) in [6.45, 7) is 4.77. The maximum atomic E-state index is 3.32. The van der Waals surface area contributed by atoms with Gasteiger partial charge in [-0.25, -0.2) is 0 Å². The highest BCUT2D eigenvalue weighted by Crippen LogP contribution is 2.09. The van der Waals surface area contributed by atoms with Crippen LogP contribution in [-0.2, 0) is 0 Å². The Morgan fingerprint density at radius 3 is 2.62 bits per heavy atom. The van der Waals surface area contributed by atoms with Crippen LogP contribution < -0.4 is 5.32 Å². The summed E-state index contributed by atoms with van der Waals surface area (Å²) in [5.41, 5.74) is 0. The molecule has 0 aromatic carbocycles. The van der Waals surface area contributed by atoms with Crippen LogP contribution in [0.4, 0.5) is 0 Å². The molecular weight excluding hydrogens is 122 g/mol. The van der Waals surface area contributed by atoms with Crippen LogP contribution in [0.3, 0.4) is 0 Å². The van der Waals surface area contributed by atoms with Gasteiger partial charge >= 0.3 is 0 Å². The number of rotatable bonds is 1. The average molecular weight is 136 g/mol. The minimum absolute atomic E-state index is 0. The van der Waals surface area contributed by atoms with E-state index in [-0.39, 0.29) is 12.4 Å². The maximum Gasteiger partial charge on any atom is -0.00201 e. The molecule has 0 unspecified atom stereocenters. The Labute approximate surface area is 57.3 Å². The van der Waals surface area contributed by atoms with Crippen LogP contribution in [-0.4, -0.2) is 13.1 Å². The smallest absolute Gasteiger partial charge is 0.00201 e. The van der Waals surface area contributed by atoms with E-state index in [0.717, 1.165) is 5.92 Å². The number of hydrogen-bond acceptors (Lipinski definition) is 1. The fourth-order valence-corrected chi connectivity index (χ4v) is 1.06. The van der Waals surface area contributed by atoms with E-state index in [1.807, 2.05) is 0 Å². The third kappa shape index (κ3) is 2.01. The Hall–Kier alpha value is 0.250. The minimum atomic E-state index is 0. The molecule has 1 aliphatic heterocycles. The Morgan fingerprint density at radius 1 is 1.62 bits per heavy atom. The molecule has 0 bridgehead atoms. The van der Waals surface area contributed by atoms with Crippen molar-refractivity contribution in [3.8, 4) is 0 Å². The zero-order chi connectivity index (χ0) is 5.11. The highest BCUT2D eigenvalue weighted by atomic mass is 35.5. The molecule has 1 N–H and O–H groups in total. The summed E-state index contributed by atoms with van der Waals surface area (Å²) in [5.74, 6) is 0.986. The quantitative estimate of drug-likeness (QED) is 0.574. The number of halogens is 1. The van der Waals surface area contributed by atoms with Crippen molar-refractivity contribution in [1.29, 1.82) is 0 Å². The average Bonchev–Trinajstić information content (AvgIpc) is 2.14. The maximum absolute atomic E-state index is 3.32. The summed E-state index contributed by atoms with van der Waals surface area (Å²) in [4.78, 5) is 0. The van der Waals surface area contributed by atoms with E-state index in [1.165, 1.54) is 25.9 Å². The van der Waals surface area contributed by atoms with Crippen LogP contribution in [0.1, 0.15) is 19.8 Å². The normalized spacial score (nSPS) is 27.4. The predicted molar refractivity (Wildman–Crippen MR) is 38.5 cm³/mol. The molecule has 2 heteroatoms. The van der Waals surface area contributed by atoms with Gasteiger partial charge in [0.2, 0.25) is 0 Å². The summed E-state index contributed by atoms with van der Waals surface area (Å²) in [6.07, 6.45) is 2.75. The van der Waals surface area contributed by atoms with E-state index in [2.05, 4.69) is 12.2 Å². The first-order valence-corrected chi connectivity index (χ1v) is 3.14. The lowest BCUT2D eigenvalue weighted by molar-refractivity contribution is 0.563. The van der Waals surface area contributed by atoms with Crippen molar-refractivity contribution < 1.29 is 0 Å². The van der Waals surface area contributed by atoms with Crippen LogP contribution in [0, 0.1) is 5.92 Å². The molecule has 0 aromatic rings. The molecule has 1 aliphatic rings. The Morgan fingerprint density at radius 2 is 2.38 bits per heavy atom. The first kappa shape index (κ1) is 8.25. The van der Waals surface area contributed by atoms with Crippen molar-refractivity contribution in [1.82, 2.24) is 5.32 Å². The molecule has 1 nitrogen and oxygen atoms in total. The van der Waals surface area contributed by atoms with Crippen molar-refractivity contribution >= 4 is 12.4 Å². The molecule has 1 fully saturated rings. The standard InChI is InChI=1S/C6H13N.ClH/c1-2-6-3-4-7-5-6;/h6-7H,2-5H2,1H3;1H/t6-;/m1./s1. The predicted octanol–water partition coefficient (Wildman–Crippen LogP) is 1.43. The molecule has 0 amide bonds. The first-order chi connectivity index (χ1) is 3.43. The van der Waals surface area contributed by atoms with Crippen LogP contribution in [0.5, 0.6) is 0 Å². The van der Waals surface area contributed by atoms with Gasteiger partial charge in [-0.1, -0.05) is 13.3 Å². The second-order valence-electron chi connectivity index (χ2n) is 2.27. The highest BCUT2D eigenvalue weighted by Gasteiger charge is 2.10. The van der Waals surface area contributed by atoms with Gasteiger partial charge in [-0.3, -0.25) is 0 Å². The van der Waals surface area contributed by atoms with E-state index >= 15 is 0 Å². The third-order valence-corrected chi connectivity index (χ3v) is 1.74. The molecule has 50 valence electrons. The monoisotopic (exact) mass is 135 g/mol. The molecule has 0 saturated carbocycles. The molecule has 8 heavy (non-hydrogen) atoms. The van der Waals surface area contributed by atoms with Crippen molar-refractivity contribution in [3.63, 3.8) is 0 Å². The van der Waals surface area contributed by atoms with Crippen molar-refractivity contribution in [2.75, 3.05) is 13.1 Å². The fraction of sp³-hybridized carbons (Fsp3) is 1.00.